The monoisotopic (exact) mass is 337 g/mol. The second-order valence-corrected chi connectivity index (χ2v) is 8.63. The predicted molar refractivity (Wildman–Crippen MR) is 88.5 cm³/mol. The molecule has 2 aromatic rings. The van der Waals surface area contributed by atoms with Crippen LogP contribution in [0, 0.1) is 6.92 Å². The van der Waals surface area contributed by atoms with Crippen LogP contribution in [0.5, 0.6) is 0 Å². The third-order valence-corrected chi connectivity index (χ3v) is 7.02. The molecule has 0 radical (unpaired) electrons. The summed E-state index contributed by atoms with van der Waals surface area (Å²) in [7, 11) is -3.40. The molecule has 1 aromatic heterocycles. The first kappa shape index (κ1) is 15.6. The number of hydrogen-bond donors (Lipinski definition) is 0. The molecular weight excluding hydrogens is 318 g/mol. The largest absolute Gasteiger partial charge is 0.468 e. The SMILES string of the molecule is Cc1ccc(S(=O)(=O)N2CCSC(c3ccco3)CC2)cc1. The molecule has 1 aromatic carbocycles. The van der Waals surface area contributed by atoms with Crippen LogP contribution in [0.15, 0.2) is 52.0 Å². The molecule has 6 heteroatoms. The van der Waals surface area contributed by atoms with Crippen LogP contribution < -0.4 is 0 Å². The number of nitrogens with zero attached hydrogens (tertiary/aromatic N) is 1. The molecule has 22 heavy (non-hydrogen) atoms. The van der Waals surface area contributed by atoms with Crippen molar-refractivity contribution in [3.05, 3.63) is 54.0 Å². The van der Waals surface area contributed by atoms with Crippen molar-refractivity contribution in [2.45, 2.75) is 23.5 Å². The average Bonchev–Trinajstić information content (AvgIpc) is 2.92. The summed E-state index contributed by atoms with van der Waals surface area (Å²) in [6.45, 7) is 3.01. The Morgan fingerprint density at radius 3 is 2.64 bits per heavy atom. The summed E-state index contributed by atoms with van der Waals surface area (Å²) in [5.74, 6) is 1.70. The van der Waals surface area contributed by atoms with E-state index in [4.69, 9.17) is 4.42 Å². The quantitative estimate of drug-likeness (QED) is 0.861. The van der Waals surface area contributed by atoms with Gasteiger partial charge in [0, 0.05) is 18.8 Å². The first-order valence-electron chi connectivity index (χ1n) is 7.29. The molecule has 0 saturated carbocycles. The fraction of sp³-hybridized carbons (Fsp3) is 0.375. The third-order valence-electron chi connectivity index (χ3n) is 3.82. The van der Waals surface area contributed by atoms with Crippen LogP contribution in [0.25, 0.3) is 0 Å². The van der Waals surface area contributed by atoms with E-state index < -0.39 is 10.0 Å². The van der Waals surface area contributed by atoms with Crippen LogP contribution >= 0.6 is 11.8 Å². The summed E-state index contributed by atoms with van der Waals surface area (Å²) >= 11 is 1.76. The summed E-state index contributed by atoms with van der Waals surface area (Å²) in [5.41, 5.74) is 1.06. The van der Waals surface area contributed by atoms with Crippen molar-refractivity contribution in [3.8, 4) is 0 Å². The van der Waals surface area contributed by atoms with Gasteiger partial charge in [0.05, 0.1) is 16.4 Å². The van der Waals surface area contributed by atoms with Gasteiger partial charge in [0.25, 0.3) is 0 Å². The van der Waals surface area contributed by atoms with Crippen molar-refractivity contribution in [1.29, 1.82) is 0 Å². The molecule has 1 unspecified atom stereocenters. The average molecular weight is 337 g/mol. The van der Waals surface area contributed by atoms with Crippen molar-refractivity contribution in [3.63, 3.8) is 0 Å². The zero-order chi connectivity index (χ0) is 15.6. The van der Waals surface area contributed by atoms with Crippen LogP contribution in [0.2, 0.25) is 0 Å². The van der Waals surface area contributed by atoms with Crippen molar-refractivity contribution < 1.29 is 12.8 Å². The van der Waals surface area contributed by atoms with Gasteiger partial charge in [-0.25, -0.2) is 8.42 Å². The number of sulfonamides is 1. The highest BCUT2D eigenvalue weighted by atomic mass is 32.2. The van der Waals surface area contributed by atoms with E-state index in [9.17, 15) is 8.42 Å². The van der Waals surface area contributed by atoms with Crippen LogP contribution in [0.4, 0.5) is 0 Å². The van der Waals surface area contributed by atoms with Gasteiger partial charge in [0.2, 0.25) is 10.0 Å². The smallest absolute Gasteiger partial charge is 0.243 e. The van der Waals surface area contributed by atoms with Gasteiger partial charge in [0.1, 0.15) is 5.76 Å². The number of furan rings is 1. The van der Waals surface area contributed by atoms with Gasteiger partial charge < -0.3 is 4.42 Å². The Morgan fingerprint density at radius 1 is 1.18 bits per heavy atom. The fourth-order valence-electron chi connectivity index (χ4n) is 2.55. The molecule has 0 bridgehead atoms. The molecule has 0 spiro atoms. The minimum Gasteiger partial charge on any atom is -0.468 e. The minimum absolute atomic E-state index is 0.230. The Hall–Kier alpha value is -1.24. The van der Waals surface area contributed by atoms with Crippen molar-refractivity contribution in [2.75, 3.05) is 18.8 Å². The van der Waals surface area contributed by atoms with Crippen LogP contribution in [0.3, 0.4) is 0 Å². The number of aryl methyl sites for hydroxylation is 1. The third kappa shape index (κ3) is 3.24. The maximum atomic E-state index is 12.7. The van der Waals surface area contributed by atoms with E-state index in [0.29, 0.717) is 18.0 Å². The Morgan fingerprint density at radius 2 is 1.95 bits per heavy atom. The van der Waals surface area contributed by atoms with Gasteiger partial charge in [-0.05, 0) is 37.6 Å². The van der Waals surface area contributed by atoms with Crippen LogP contribution in [-0.4, -0.2) is 31.6 Å². The molecule has 0 N–H and O–H groups in total. The lowest BCUT2D eigenvalue weighted by Crippen LogP contribution is -2.33. The number of benzene rings is 1. The van der Waals surface area contributed by atoms with Gasteiger partial charge in [0.15, 0.2) is 0 Å². The lowest BCUT2D eigenvalue weighted by atomic mass is 10.2. The Bertz CT molecular complexity index is 708. The van der Waals surface area contributed by atoms with Gasteiger partial charge >= 0.3 is 0 Å². The van der Waals surface area contributed by atoms with Crippen molar-refractivity contribution in [1.82, 2.24) is 4.31 Å². The molecule has 1 aliphatic rings. The number of rotatable bonds is 3. The normalized spacial score (nSPS) is 20.7. The Labute approximate surface area is 135 Å². The second-order valence-electron chi connectivity index (χ2n) is 5.38. The molecule has 1 atom stereocenters. The highest BCUT2D eigenvalue weighted by Crippen LogP contribution is 2.35. The minimum atomic E-state index is -3.40. The van der Waals surface area contributed by atoms with E-state index in [0.717, 1.165) is 23.5 Å². The van der Waals surface area contributed by atoms with E-state index in [2.05, 4.69) is 0 Å². The molecule has 1 aliphatic heterocycles. The number of thioether (sulfide) groups is 1. The van der Waals surface area contributed by atoms with Crippen molar-refractivity contribution >= 4 is 21.8 Å². The first-order chi connectivity index (χ1) is 10.6. The lowest BCUT2D eigenvalue weighted by Gasteiger charge is -2.19. The summed E-state index contributed by atoms with van der Waals surface area (Å²) in [4.78, 5) is 0.375. The summed E-state index contributed by atoms with van der Waals surface area (Å²) < 4.78 is 32.5. The molecule has 2 heterocycles. The summed E-state index contributed by atoms with van der Waals surface area (Å²) in [6, 6.07) is 10.9. The molecule has 0 aliphatic carbocycles. The fourth-order valence-corrected chi connectivity index (χ4v) is 5.30. The first-order valence-corrected chi connectivity index (χ1v) is 9.78. The molecule has 1 fully saturated rings. The summed E-state index contributed by atoms with van der Waals surface area (Å²) in [6.07, 6.45) is 2.44. The molecular formula is C16H19NO3S2. The maximum Gasteiger partial charge on any atom is 0.243 e. The van der Waals surface area contributed by atoms with E-state index >= 15 is 0 Å². The van der Waals surface area contributed by atoms with Gasteiger partial charge in [-0.3, -0.25) is 0 Å². The Balaban J connectivity index is 1.76. The van der Waals surface area contributed by atoms with E-state index in [1.54, 1.807) is 34.5 Å². The van der Waals surface area contributed by atoms with E-state index in [1.807, 2.05) is 31.2 Å². The second kappa shape index (κ2) is 6.48. The van der Waals surface area contributed by atoms with Crippen LogP contribution in [-0.2, 0) is 10.0 Å². The Kier molecular flexibility index (Phi) is 4.61. The predicted octanol–water partition coefficient (Wildman–Crippen LogP) is 3.46. The molecule has 118 valence electrons. The summed E-state index contributed by atoms with van der Waals surface area (Å²) in [5, 5.41) is 0.230. The molecule has 0 amide bonds. The van der Waals surface area contributed by atoms with Gasteiger partial charge in [-0.15, -0.1) is 11.8 Å². The molecule has 3 rings (SSSR count). The lowest BCUT2D eigenvalue weighted by molar-refractivity contribution is 0.417. The van der Waals surface area contributed by atoms with Gasteiger partial charge in [-0.1, -0.05) is 17.7 Å². The van der Waals surface area contributed by atoms with Crippen molar-refractivity contribution in [2.24, 2.45) is 0 Å². The highest BCUT2D eigenvalue weighted by molar-refractivity contribution is 7.99. The topological polar surface area (TPSA) is 50.5 Å². The van der Waals surface area contributed by atoms with E-state index in [-0.39, 0.29) is 5.25 Å². The number of hydrogen-bond acceptors (Lipinski definition) is 4. The highest BCUT2D eigenvalue weighted by Gasteiger charge is 2.29. The van der Waals surface area contributed by atoms with E-state index in [1.165, 1.54) is 0 Å². The zero-order valence-electron chi connectivity index (χ0n) is 12.4. The maximum absolute atomic E-state index is 12.7. The zero-order valence-corrected chi connectivity index (χ0v) is 14.1. The van der Waals surface area contributed by atoms with Crippen LogP contribution in [0.1, 0.15) is 23.0 Å². The van der Waals surface area contributed by atoms with Gasteiger partial charge in [-0.2, -0.15) is 4.31 Å². The standard InChI is InChI=1S/C16H19NO3S2/c1-13-4-6-14(7-5-13)22(18,19)17-9-8-16(21-12-10-17)15-3-2-11-20-15/h2-7,11,16H,8-10,12H2,1H3. The molecule has 4 nitrogen and oxygen atoms in total. The molecule has 1 saturated heterocycles.